The van der Waals surface area contributed by atoms with Crippen molar-refractivity contribution in [1.82, 2.24) is 0 Å². The van der Waals surface area contributed by atoms with Crippen LogP contribution in [-0.4, -0.2) is 62.2 Å². The summed E-state index contributed by atoms with van der Waals surface area (Å²) in [5, 5.41) is 0. The Kier molecular flexibility index (Phi) is 15.4. The van der Waals surface area contributed by atoms with Gasteiger partial charge in [-0.05, 0) is 13.3 Å². The highest BCUT2D eigenvalue weighted by Gasteiger charge is 2.21. The number of hydrogen-bond donors (Lipinski definition) is 0. The van der Waals surface area contributed by atoms with Gasteiger partial charge in [0.25, 0.3) is 0 Å². The highest BCUT2D eigenvalue weighted by Crippen LogP contribution is 2.15. The molecule has 122 valence electrons. The van der Waals surface area contributed by atoms with Crippen LogP contribution in [0.5, 0.6) is 0 Å². The second-order valence-corrected chi connectivity index (χ2v) is 5.79. The molecule has 20 heavy (non-hydrogen) atoms. The molecule has 0 aliphatic heterocycles. The second-order valence-electron chi connectivity index (χ2n) is 4.76. The standard InChI is InChI=1S/C14H28ClIO4/c1-3-4-5-17-6-7-18-8-9-19-10-11-20-14(2,12-15)13-16/h3-13H2,1-2H3. The monoisotopic (exact) mass is 422 g/mol. The van der Waals surface area contributed by atoms with Gasteiger partial charge in [0.05, 0.1) is 51.1 Å². The van der Waals surface area contributed by atoms with Gasteiger partial charge < -0.3 is 18.9 Å². The molecule has 0 fully saturated rings. The van der Waals surface area contributed by atoms with E-state index in [1.54, 1.807) is 0 Å². The quantitative estimate of drug-likeness (QED) is 0.231. The van der Waals surface area contributed by atoms with E-state index < -0.39 is 0 Å². The van der Waals surface area contributed by atoms with Crippen molar-refractivity contribution in [3.05, 3.63) is 0 Å². The smallest absolute Gasteiger partial charge is 0.0879 e. The Morgan fingerprint density at radius 3 is 1.85 bits per heavy atom. The number of rotatable bonds is 15. The third-order valence-electron chi connectivity index (χ3n) is 2.63. The van der Waals surface area contributed by atoms with Gasteiger partial charge in [0.2, 0.25) is 0 Å². The lowest BCUT2D eigenvalue weighted by Crippen LogP contribution is -2.34. The molecule has 0 spiro atoms. The molecule has 0 aromatic rings. The van der Waals surface area contributed by atoms with Crippen LogP contribution >= 0.6 is 34.2 Å². The van der Waals surface area contributed by atoms with Crippen molar-refractivity contribution in [3.63, 3.8) is 0 Å². The van der Waals surface area contributed by atoms with E-state index in [-0.39, 0.29) is 5.60 Å². The van der Waals surface area contributed by atoms with E-state index in [0.717, 1.165) is 23.9 Å². The first kappa shape index (κ1) is 20.9. The lowest BCUT2D eigenvalue weighted by Gasteiger charge is -2.25. The summed E-state index contributed by atoms with van der Waals surface area (Å²) in [6.07, 6.45) is 2.28. The van der Waals surface area contributed by atoms with Crippen LogP contribution in [0.2, 0.25) is 0 Å². The van der Waals surface area contributed by atoms with E-state index >= 15 is 0 Å². The first-order valence-electron chi connectivity index (χ1n) is 7.17. The summed E-state index contributed by atoms with van der Waals surface area (Å²) in [6, 6.07) is 0. The Labute approximate surface area is 142 Å². The van der Waals surface area contributed by atoms with Gasteiger partial charge in [-0.3, -0.25) is 0 Å². The number of halogens is 2. The van der Waals surface area contributed by atoms with Crippen LogP contribution in [0.3, 0.4) is 0 Å². The molecule has 1 unspecified atom stereocenters. The first-order valence-corrected chi connectivity index (χ1v) is 9.23. The van der Waals surface area contributed by atoms with Gasteiger partial charge in [-0.2, -0.15) is 0 Å². The predicted octanol–water partition coefficient (Wildman–Crippen LogP) is 3.29. The molecule has 0 rings (SSSR count). The van der Waals surface area contributed by atoms with Crippen molar-refractivity contribution < 1.29 is 18.9 Å². The van der Waals surface area contributed by atoms with Crippen molar-refractivity contribution in [2.24, 2.45) is 0 Å². The molecule has 0 aromatic carbocycles. The van der Waals surface area contributed by atoms with E-state index in [1.165, 1.54) is 0 Å². The summed E-state index contributed by atoms with van der Waals surface area (Å²) in [4.78, 5) is 0. The van der Waals surface area contributed by atoms with E-state index in [0.29, 0.717) is 45.5 Å². The Balaban J connectivity index is 3.17. The Morgan fingerprint density at radius 2 is 1.40 bits per heavy atom. The van der Waals surface area contributed by atoms with Gasteiger partial charge >= 0.3 is 0 Å². The van der Waals surface area contributed by atoms with Crippen molar-refractivity contribution >= 4 is 34.2 Å². The summed E-state index contributed by atoms with van der Waals surface area (Å²) in [7, 11) is 0. The fourth-order valence-corrected chi connectivity index (χ4v) is 2.23. The van der Waals surface area contributed by atoms with Crippen LogP contribution in [0.4, 0.5) is 0 Å². The van der Waals surface area contributed by atoms with Crippen LogP contribution in [-0.2, 0) is 18.9 Å². The number of hydrogen-bond acceptors (Lipinski definition) is 4. The number of unbranched alkanes of at least 4 members (excludes halogenated alkanes) is 1. The molecule has 0 aromatic heterocycles. The minimum absolute atomic E-state index is 0.252. The van der Waals surface area contributed by atoms with Crippen molar-refractivity contribution in [3.8, 4) is 0 Å². The zero-order chi connectivity index (χ0) is 15.1. The molecule has 0 radical (unpaired) electrons. The molecule has 0 bridgehead atoms. The summed E-state index contributed by atoms with van der Waals surface area (Å²) in [5.41, 5.74) is -0.252. The molecule has 0 N–H and O–H groups in total. The van der Waals surface area contributed by atoms with Crippen molar-refractivity contribution in [2.75, 3.05) is 56.6 Å². The van der Waals surface area contributed by atoms with Crippen LogP contribution in [0.1, 0.15) is 26.7 Å². The largest absolute Gasteiger partial charge is 0.379 e. The third kappa shape index (κ3) is 12.6. The van der Waals surface area contributed by atoms with Gasteiger partial charge in [0.1, 0.15) is 0 Å². The first-order chi connectivity index (χ1) is 9.68. The minimum atomic E-state index is -0.252. The molecule has 6 heteroatoms. The van der Waals surface area contributed by atoms with Crippen LogP contribution < -0.4 is 0 Å². The molecule has 4 nitrogen and oxygen atoms in total. The Hall–Kier alpha value is 0.860. The normalized spacial score (nSPS) is 14.4. The molecule has 0 heterocycles. The average molecular weight is 423 g/mol. The number of alkyl halides is 2. The minimum Gasteiger partial charge on any atom is -0.379 e. The van der Waals surface area contributed by atoms with Gasteiger partial charge in [0, 0.05) is 11.0 Å². The van der Waals surface area contributed by atoms with Crippen LogP contribution in [0, 0.1) is 0 Å². The van der Waals surface area contributed by atoms with Crippen molar-refractivity contribution in [2.45, 2.75) is 32.3 Å². The molecule has 0 amide bonds. The highest BCUT2D eigenvalue weighted by atomic mass is 127. The molecule has 0 aliphatic rings. The summed E-state index contributed by atoms with van der Waals surface area (Å²) in [5.74, 6) is 0.497. The van der Waals surface area contributed by atoms with Gasteiger partial charge in [-0.1, -0.05) is 35.9 Å². The van der Waals surface area contributed by atoms with Crippen molar-refractivity contribution in [1.29, 1.82) is 0 Å². The lowest BCUT2D eigenvalue weighted by atomic mass is 10.2. The maximum absolute atomic E-state index is 5.85. The maximum atomic E-state index is 5.85. The molecule has 1 atom stereocenters. The average Bonchev–Trinajstić information content (AvgIpc) is 2.48. The maximum Gasteiger partial charge on any atom is 0.0879 e. The zero-order valence-electron chi connectivity index (χ0n) is 12.7. The molecular weight excluding hydrogens is 395 g/mol. The third-order valence-corrected chi connectivity index (χ3v) is 4.81. The SMILES string of the molecule is CCCCOCCOCCOCCOC(C)(CCl)CI. The Morgan fingerprint density at radius 1 is 0.900 bits per heavy atom. The molecule has 0 saturated carbocycles. The Bertz CT molecular complexity index is 204. The molecular formula is C14H28ClIO4. The van der Waals surface area contributed by atoms with Crippen LogP contribution in [0.25, 0.3) is 0 Å². The fraction of sp³-hybridized carbons (Fsp3) is 1.00. The van der Waals surface area contributed by atoms with E-state index in [1.807, 2.05) is 6.92 Å². The van der Waals surface area contributed by atoms with Gasteiger partial charge in [0.15, 0.2) is 0 Å². The summed E-state index contributed by atoms with van der Waals surface area (Å²) in [6.45, 7) is 8.58. The lowest BCUT2D eigenvalue weighted by molar-refractivity contribution is -0.0401. The molecule has 0 saturated heterocycles. The number of ether oxygens (including phenoxy) is 4. The van der Waals surface area contributed by atoms with E-state index in [4.69, 9.17) is 30.5 Å². The van der Waals surface area contributed by atoms with Gasteiger partial charge in [-0.25, -0.2) is 0 Å². The second kappa shape index (κ2) is 14.8. The van der Waals surface area contributed by atoms with E-state index in [2.05, 4.69) is 29.5 Å². The van der Waals surface area contributed by atoms with Gasteiger partial charge in [-0.15, -0.1) is 11.6 Å². The summed E-state index contributed by atoms with van der Waals surface area (Å²) < 4.78 is 22.8. The molecule has 0 aliphatic carbocycles. The van der Waals surface area contributed by atoms with E-state index in [9.17, 15) is 0 Å². The summed E-state index contributed by atoms with van der Waals surface area (Å²) >= 11 is 8.13. The topological polar surface area (TPSA) is 36.9 Å². The van der Waals surface area contributed by atoms with Crippen LogP contribution in [0.15, 0.2) is 0 Å². The fourth-order valence-electron chi connectivity index (χ4n) is 1.25. The predicted molar refractivity (Wildman–Crippen MR) is 91.3 cm³/mol. The highest BCUT2D eigenvalue weighted by molar-refractivity contribution is 14.1. The zero-order valence-corrected chi connectivity index (χ0v) is 15.6.